The van der Waals surface area contributed by atoms with Gasteiger partial charge in [0.1, 0.15) is 5.54 Å². The summed E-state index contributed by atoms with van der Waals surface area (Å²) < 4.78 is 1.04. The van der Waals surface area contributed by atoms with Crippen molar-refractivity contribution in [3.63, 3.8) is 0 Å². The van der Waals surface area contributed by atoms with E-state index in [4.69, 9.17) is 5.73 Å². The van der Waals surface area contributed by atoms with Gasteiger partial charge in [-0.1, -0.05) is 30.3 Å². The third kappa shape index (κ3) is 4.30. The quantitative estimate of drug-likeness (QED) is 0.865. The fraction of sp³-hybridized carbons (Fsp3) is 0.267. The molecule has 0 radical (unpaired) electrons. The summed E-state index contributed by atoms with van der Waals surface area (Å²) >= 11 is 5.04. The molecule has 1 amide bonds. The van der Waals surface area contributed by atoms with Crippen LogP contribution in [0.5, 0.6) is 0 Å². The van der Waals surface area contributed by atoms with Crippen molar-refractivity contribution < 1.29 is 4.79 Å². The maximum absolute atomic E-state index is 12.6. The smallest absolute Gasteiger partial charge is 0.247 e. The normalized spacial score (nSPS) is 13.1. The van der Waals surface area contributed by atoms with Crippen LogP contribution in [0.15, 0.2) is 46.3 Å². The highest BCUT2D eigenvalue weighted by Gasteiger charge is 2.33. The Hall–Kier alpha value is -0.880. The predicted octanol–water partition coefficient (Wildman–Crippen LogP) is 3.76. The zero-order valence-electron chi connectivity index (χ0n) is 11.9. The molecule has 1 atom stereocenters. The van der Waals surface area contributed by atoms with Gasteiger partial charge in [-0.15, -0.1) is 23.7 Å². The van der Waals surface area contributed by atoms with Crippen LogP contribution in [0.25, 0.3) is 0 Å². The number of nitrogens with zero attached hydrogens (tertiary/aromatic N) is 1. The summed E-state index contributed by atoms with van der Waals surface area (Å²) in [6.45, 7) is 2.32. The molecule has 0 bridgehead atoms. The first-order valence-corrected chi connectivity index (χ1v) is 7.91. The van der Waals surface area contributed by atoms with Crippen molar-refractivity contribution in [2.45, 2.75) is 19.0 Å². The summed E-state index contributed by atoms with van der Waals surface area (Å²) in [4.78, 5) is 15.4. The molecule has 1 aromatic heterocycles. The minimum Gasteiger partial charge on any atom is -0.339 e. The van der Waals surface area contributed by atoms with Crippen molar-refractivity contribution in [2.24, 2.45) is 5.73 Å². The summed E-state index contributed by atoms with van der Waals surface area (Å²) in [5.74, 6) is -0.0896. The Morgan fingerprint density at radius 2 is 2.00 bits per heavy atom. The van der Waals surface area contributed by atoms with E-state index in [0.717, 1.165) is 14.9 Å². The fourth-order valence-electron chi connectivity index (χ4n) is 2.05. The van der Waals surface area contributed by atoms with Crippen LogP contribution in [0.2, 0.25) is 0 Å². The van der Waals surface area contributed by atoms with Crippen LogP contribution in [0, 0.1) is 0 Å². The fourth-order valence-corrected chi connectivity index (χ4v) is 3.55. The number of benzene rings is 1. The molecule has 0 saturated carbocycles. The number of carbonyl (C=O) groups is 1. The molecule has 0 aliphatic carbocycles. The molecule has 3 nitrogen and oxygen atoms in total. The van der Waals surface area contributed by atoms with E-state index in [-0.39, 0.29) is 18.3 Å². The summed E-state index contributed by atoms with van der Waals surface area (Å²) in [6, 6.07) is 11.5. The van der Waals surface area contributed by atoms with Gasteiger partial charge in [-0.3, -0.25) is 4.79 Å². The van der Waals surface area contributed by atoms with E-state index in [0.29, 0.717) is 6.54 Å². The van der Waals surface area contributed by atoms with Gasteiger partial charge in [0.25, 0.3) is 0 Å². The average Bonchev–Trinajstić information content (AvgIpc) is 2.84. The van der Waals surface area contributed by atoms with Crippen LogP contribution < -0.4 is 5.73 Å². The molecule has 0 spiro atoms. The maximum Gasteiger partial charge on any atom is 0.247 e. The highest BCUT2D eigenvalue weighted by molar-refractivity contribution is 9.10. The third-order valence-electron chi connectivity index (χ3n) is 3.18. The molecule has 1 heterocycles. The van der Waals surface area contributed by atoms with Crippen molar-refractivity contribution in [3.8, 4) is 0 Å². The van der Waals surface area contributed by atoms with Crippen LogP contribution in [0.1, 0.15) is 17.4 Å². The number of thiophene rings is 1. The van der Waals surface area contributed by atoms with Gasteiger partial charge in [-0.2, -0.15) is 0 Å². The van der Waals surface area contributed by atoms with Gasteiger partial charge < -0.3 is 10.6 Å². The zero-order valence-corrected chi connectivity index (χ0v) is 15.1. The van der Waals surface area contributed by atoms with E-state index in [9.17, 15) is 4.79 Å². The number of rotatable bonds is 4. The molecule has 0 aliphatic heterocycles. The molecule has 114 valence electrons. The number of carbonyl (C=O) groups excluding carboxylic acids is 1. The van der Waals surface area contributed by atoms with Crippen LogP contribution in [0.4, 0.5) is 0 Å². The molecule has 6 heteroatoms. The van der Waals surface area contributed by atoms with E-state index < -0.39 is 5.54 Å². The van der Waals surface area contributed by atoms with Crippen LogP contribution in [-0.2, 0) is 16.9 Å². The number of hydrogen-bond donors (Lipinski definition) is 1. The molecule has 21 heavy (non-hydrogen) atoms. The number of nitrogens with two attached hydrogens (primary N) is 1. The largest absolute Gasteiger partial charge is 0.339 e. The lowest BCUT2D eigenvalue weighted by atomic mass is 9.92. The SMILES string of the molecule is CN(Cc1cc(Br)cs1)C(=O)C(C)(N)c1ccccc1.Cl. The molecule has 2 rings (SSSR count). The van der Waals surface area contributed by atoms with Gasteiger partial charge in [0.15, 0.2) is 0 Å². The Labute approximate surface area is 143 Å². The summed E-state index contributed by atoms with van der Waals surface area (Å²) in [5, 5.41) is 2.01. The molecular weight excluding hydrogens is 372 g/mol. The predicted molar refractivity (Wildman–Crippen MR) is 93.7 cm³/mol. The van der Waals surface area contributed by atoms with Crippen molar-refractivity contribution in [1.29, 1.82) is 0 Å². The van der Waals surface area contributed by atoms with Crippen molar-refractivity contribution in [3.05, 3.63) is 56.7 Å². The number of hydrogen-bond acceptors (Lipinski definition) is 3. The van der Waals surface area contributed by atoms with Crippen molar-refractivity contribution in [2.75, 3.05) is 7.05 Å². The Morgan fingerprint density at radius 3 is 2.52 bits per heavy atom. The minimum absolute atomic E-state index is 0. The topological polar surface area (TPSA) is 46.3 Å². The highest BCUT2D eigenvalue weighted by atomic mass is 79.9. The second-order valence-corrected chi connectivity index (χ2v) is 6.87. The molecule has 0 saturated heterocycles. The third-order valence-corrected chi connectivity index (χ3v) is 4.86. The number of halogens is 2. The van der Waals surface area contributed by atoms with Gasteiger partial charge in [-0.05, 0) is 34.5 Å². The van der Waals surface area contributed by atoms with Gasteiger partial charge >= 0.3 is 0 Å². The number of amides is 1. The minimum atomic E-state index is -1.01. The van der Waals surface area contributed by atoms with Crippen LogP contribution >= 0.6 is 39.7 Å². The summed E-state index contributed by atoms with van der Waals surface area (Å²) in [7, 11) is 1.78. The lowest BCUT2D eigenvalue weighted by molar-refractivity contribution is -0.135. The van der Waals surface area contributed by atoms with Crippen LogP contribution in [0.3, 0.4) is 0 Å². The van der Waals surface area contributed by atoms with E-state index in [2.05, 4.69) is 15.9 Å². The van der Waals surface area contributed by atoms with Crippen LogP contribution in [-0.4, -0.2) is 17.9 Å². The first-order chi connectivity index (χ1) is 9.41. The Bertz CT molecular complexity index is 601. The maximum atomic E-state index is 12.6. The average molecular weight is 390 g/mol. The Kier molecular flexibility index (Phi) is 6.41. The summed E-state index contributed by atoms with van der Waals surface area (Å²) in [6.07, 6.45) is 0. The zero-order chi connectivity index (χ0) is 14.8. The van der Waals surface area contributed by atoms with Gasteiger partial charge in [-0.25, -0.2) is 0 Å². The second kappa shape index (κ2) is 7.40. The van der Waals surface area contributed by atoms with Crippen molar-refractivity contribution >= 4 is 45.6 Å². The van der Waals surface area contributed by atoms with Gasteiger partial charge in [0.05, 0.1) is 6.54 Å². The summed E-state index contributed by atoms with van der Waals surface area (Å²) in [5.41, 5.74) is 6.06. The second-order valence-electron chi connectivity index (χ2n) is 4.96. The monoisotopic (exact) mass is 388 g/mol. The Morgan fingerprint density at radius 1 is 1.38 bits per heavy atom. The molecule has 0 aliphatic rings. The molecule has 1 unspecified atom stereocenters. The standard InChI is InChI=1S/C15H17BrN2OS.ClH/c1-15(17,11-6-4-3-5-7-11)14(19)18(2)9-13-8-12(16)10-20-13;/h3-8,10H,9,17H2,1-2H3;1H. The van der Waals surface area contributed by atoms with Gasteiger partial charge in [0, 0.05) is 21.8 Å². The first kappa shape index (κ1) is 18.2. The lowest BCUT2D eigenvalue weighted by Gasteiger charge is -2.29. The van der Waals surface area contributed by atoms with E-state index in [1.807, 2.05) is 41.8 Å². The molecule has 2 aromatic rings. The van der Waals surface area contributed by atoms with E-state index >= 15 is 0 Å². The lowest BCUT2D eigenvalue weighted by Crippen LogP contribution is -2.49. The first-order valence-electron chi connectivity index (χ1n) is 6.24. The van der Waals surface area contributed by atoms with E-state index in [1.54, 1.807) is 30.2 Å². The van der Waals surface area contributed by atoms with Gasteiger partial charge in [0.2, 0.25) is 5.91 Å². The molecule has 1 aromatic carbocycles. The molecule has 2 N–H and O–H groups in total. The highest BCUT2D eigenvalue weighted by Crippen LogP contribution is 2.24. The van der Waals surface area contributed by atoms with Crippen molar-refractivity contribution in [1.82, 2.24) is 4.90 Å². The number of likely N-dealkylation sites (N-methyl/N-ethyl adjacent to an activating group) is 1. The molecular formula is C15H18BrClN2OS. The van der Waals surface area contributed by atoms with E-state index in [1.165, 1.54) is 0 Å². The molecule has 0 fully saturated rings. The Balaban J connectivity index is 0.00000220.